The van der Waals surface area contributed by atoms with Gasteiger partial charge in [-0.15, -0.1) is 11.3 Å². The van der Waals surface area contributed by atoms with Crippen LogP contribution in [0.3, 0.4) is 0 Å². The number of hydrogen-bond acceptors (Lipinski definition) is 3. The minimum atomic E-state index is -0.194. The van der Waals surface area contributed by atoms with Crippen LogP contribution >= 0.6 is 11.3 Å². The van der Waals surface area contributed by atoms with E-state index in [-0.39, 0.29) is 5.91 Å². The van der Waals surface area contributed by atoms with Crippen molar-refractivity contribution in [3.05, 3.63) is 58.0 Å². The highest BCUT2D eigenvalue weighted by molar-refractivity contribution is 7.16. The van der Waals surface area contributed by atoms with Gasteiger partial charge >= 0.3 is 0 Å². The number of nitrogens with zero attached hydrogens (tertiary/aromatic N) is 1. The molecule has 1 heterocycles. The molecule has 0 saturated heterocycles. The molecular weight excluding hydrogens is 316 g/mol. The molecule has 0 radical (unpaired) electrons. The highest BCUT2D eigenvalue weighted by Crippen LogP contribution is 2.39. The summed E-state index contributed by atoms with van der Waals surface area (Å²) in [6, 6.07) is 12.0. The first-order valence-electron chi connectivity index (χ1n) is 8.30. The lowest BCUT2D eigenvalue weighted by Crippen LogP contribution is -2.12. The number of nitrogens with one attached hydrogen (secondary N) is 1. The van der Waals surface area contributed by atoms with Crippen LogP contribution in [0.5, 0.6) is 0 Å². The number of carbonyl (C=O) groups is 1. The number of fused-ring (bicyclic) bond motifs is 1. The fourth-order valence-corrected chi connectivity index (χ4v) is 4.41. The molecule has 1 atom stereocenters. The summed E-state index contributed by atoms with van der Waals surface area (Å²) in [5, 5.41) is 13.1. The lowest BCUT2D eigenvalue weighted by molar-refractivity contribution is -0.111. The van der Waals surface area contributed by atoms with Gasteiger partial charge in [0.25, 0.3) is 0 Å². The number of benzene rings is 1. The van der Waals surface area contributed by atoms with Crippen LogP contribution in [0.4, 0.5) is 5.00 Å². The minimum Gasteiger partial charge on any atom is -0.313 e. The number of amides is 1. The van der Waals surface area contributed by atoms with Gasteiger partial charge in [0.1, 0.15) is 11.1 Å². The maximum Gasteiger partial charge on any atom is 0.249 e. The molecule has 0 saturated carbocycles. The maximum absolute atomic E-state index is 12.2. The van der Waals surface area contributed by atoms with Crippen molar-refractivity contribution in [1.29, 1.82) is 5.26 Å². The van der Waals surface area contributed by atoms with Gasteiger partial charge in [-0.05, 0) is 42.4 Å². The summed E-state index contributed by atoms with van der Waals surface area (Å²) < 4.78 is 0. The molecule has 24 heavy (non-hydrogen) atoms. The Morgan fingerprint density at radius 1 is 1.42 bits per heavy atom. The van der Waals surface area contributed by atoms with Crippen LogP contribution in [0.1, 0.15) is 41.3 Å². The Bertz CT molecular complexity index is 799. The molecule has 122 valence electrons. The van der Waals surface area contributed by atoms with E-state index in [9.17, 15) is 10.1 Å². The standard InChI is InChI=1S/C20H20N2OS/c1-2-14-8-10-16-17(13-21)20(24-18(16)12-14)22-19(23)11-9-15-6-4-3-5-7-15/h3-7,9,11,14H,2,8,10,12H2,1H3,(H,22,23)/b11-9+/t14-/m0/s1. The van der Waals surface area contributed by atoms with Crippen molar-refractivity contribution in [3.63, 3.8) is 0 Å². The molecule has 3 rings (SSSR count). The first-order chi connectivity index (χ1) is 11.7. The van der Waals surface area contributed by atoms with E-state index in [0.717, 1.165) is 30.4 Å². The molecule has 1 N–H and O–H groups in total. The Kier molecular flexibility index (Phi) is 5.12. The highest BCUT2D eigenvalue weighted by atomic mass is 32.1. The SMILES string of the molecule is CC[C@H]1CCc2c(sc(NC(=O)/C=C/c3ccccc3)c2C#N)C1. The van der Waals surface area contributed by atoms with Gasteiger partial charge < -0.3 is 5.32 Å². The van der Waals surface area contributed by atoms with E-state index < -0.39 is 0 Å². The van der Waals surface area contributed by atoms with Gasteiger partial charge in [-0.1, -0.05) is 43.7 Å². The molecule has 0 fully saturated rings. The molecular formula is C20H20N2OS. The fraction of sp³-hybridized carbons (Fsp3) is 0.300. The summed E-state index contributed by atoms with van der Waals surface area (Å²) in [4.78, 5) is 13.5. The number of hydrogen-bond donors (Lipinski definition) is 1. The molecule has 0 unspecified atom stereocenters. The molecule has 1 aromatic carbocycles. The van der Waals surface area contributed by atoms with Crippen LogP contribution in [0, 0.1) is 17.2 Å². The van der Waals surface area contributed by atoms with E-state index in [1.165, 1.54) is 17.4 Å². The minimum absolute atomic E-state index is 0.194. The summed E-state index contributed by atoms with van der Waals surface area (Å²) >= 11 is 1.57. The summed E-state index contributed by atoms with van der Waals surface area (Å²) in [6.45, 7) is 2.21. The average molecular weight is 336 g/mol. The van der Waals surface area contributed by atoms with Crippen molar-refractivity contribution in [1.82, 2.24) is 0 Å². The fourth-order valence-electron chi connectivity index (χ4n) is 3.10. The van der Waals surface area contributed by atoms with Gasteiger partial charge in [0.15, 0.2) is 0 Å². The number of rotatable bonds is 4. The monoisotopic (exact) mass is 336 g/mol. The van der Waals surface area contributed by atoms with E-state index >= 15 is 0 Å². The Morgan fingerprint density at radius 2 is 2.21 bits per heavy atom. The molecule has 1 aliphatic carbocycles. The van der Waals surface area contributed by atoms with Crippen molar-refractivity contribution in [3.8, 4) is 6.07 Å². The second-order valence-electron chi connectivity index (χ2n) is 6.07. The molecule has 1 amide bonds. The van der Waals surface area contributed by atoms with E-state index in [2.05, 4.69) is 18.3 Å². The summed E-state index contributed by atoms with van der Waals surface area (Å²) in [6.07, 6.45) is 7.58. The number of carbonyl (C=O) groups excluding carboxylic acids is 1. The smallest absolute Gasteiger partial charge is 0.249 e. The maximum atomic E-state index is 12.2. The zero-order valence-corrected chi connectivity index (χ0v) is 14.5. The molecule has 2 aromatic rings. The van der Waals surface area contributed by atoms with Crippen molar-refractivity contribution < 1.29 is 4.79 Å². The zero-order chi connectivity index (χ0) is 16.9. The van der Waals surface area contributed by atoms with Gasteiger partial charge in [0, 0.05) is 11.0 Å². The average Bonchev–Trinajstić information content (AvgIpc) is 2.96. The third kappa shape index (κ3) is 3.58. The Labute approximate surface area is 146 Å². The highest BCUT2D eigenvalue weighted by Gasteiger charge is 2.25. The van der Waals surface area contributed by atoms with Crippen LogP contribution in [0.15, 0.2) is 36.4 Å². The van der Waals surface area contributed by atoms with E-state index in [0.29, 0.717) is 16.5 Å². The van der Waals surface area contributed by atoms with Gasteiger partial charge in [0.2, 0.25) is 5.91 Å². The third-order valence-electron chi connectivity index (χ3n) is 4.52. The molecule has 0 spiro atoms. The Morgan fingerprint density at radius 3 is 2.92 bits per heavy atom. The number of anilines is 1. The summed E-state index contributed by atoms with van der Waals surface area (Å²) in [5.41, 5.74) is 2.78. The van der Waals surface area contributed by atoms with Crippen molar-refractivity contribution in [2.24, 2.45) is 5.92 Å². The molecule has 0 bridgehead atoms. The summed E-state index contributed by atoms with van der Waals surface area (Å²) in [7, 11) is 0. The first kappa shape index (κ1) is 16.5. The topological polar surface area (TPSA) is 52.9 Å². The van der Waals surface area contributed by atoms with Crippen molar-refractivity contribution >= 4 is 28.3 Å². The Hall–Kier alpha value is -2.38. The molecule has 1 aliphatic rings. The second-order valence-corrected chi connectivity index (χ2v) is 7.18. The predicted molar refractivity (Wildman–Crippen MR) is 98.9 cm³/mol. The van der Waals surface area contributed by atoms with Crippen LogP contribution in [-0.2, 0) is 17.6 Å². The van der Waals surface area contributed by atoms with Crippen LogP contribution in [0.25, 0.3) is 6.08 Å². The Balaban J connectivity index is 1.76. The third-order valence-corrected chi connectivity index (χ3v) is 5.69. The lowest BCUT2D eigenvalue weighted by atomic mass is 9.86. The van der Waals surface area contributed by atoms with Crippen molar-refractivity contribution in [2.45, 2.75) is 32.6 Å². The lowest BCUT2D eigenvalue weighted by Gasteiger charge is -2.20. The predicted octanol–water partition coefficient (Wildman–Crippen LogP) is 4.79. The quantitative estimate of drug-likeness (QED) is 0.816. The second kappa shape index (κ2) is 7.46. The van der Waals surface area contributed by atoms with Gasteiger partial charge in [-0.2, -0.15) is 5.26 Å². The van der Waals surface area contributed by atoms with Crippen molar-refractivity contribution in [2.75, 3.05) is 5.32 Å². The largest absolute Gasteiger partial charge is 0.313 e. The van der Waals surface area contributed by atoms with Crippen LogP contribution in [-0.4, -0.2) is 5.91 Å². The summed E-state index contributed by atoms with van der Waals surface area (Å²) in [5.74, 6) is 0.505. The molecule has 3 nitrogen and oxygen atoms in total. The van der Waals surface area contributed by atoms with Gasteiger partial charge in [-0.3, -0.25) is 4.79 Å². The van der Waals surface area contributed by atoms with Crippen LogP contribution < -0.4 is 5.32 Å². The van der Waals surface area contributed by atoms with E-state index in [1.807, 2.05) is 30.3 Å². The number of nitriles is 1. The van der Waals surface area contributed by atoms with E-state index in [1.54, 1.807) is 17.4 Å². The number of thiophene rings is 1. The van der Waals surface area contributed by atoms with Crippen LogP contribution in [0.2, 0.25) is 0 Å². The first-order valence-corrected chi connectivity index (χ1v) is 9.11. The van der Waals surface area contributed by atoms with E-state index in [4.69, 9.17) is 0 Å². The normalized spacial score (nSPS) is 16.6. The molecule has 4 heteroatoms. The zero-order valence-electron chi connectivity index (χ0n) is 13.7. The van der Waals surface area contributed by atoms with Gasteiger partial charge in [0.05, 0.1) is 5.56 Å². The molecule has 1 aromatic heterocycles. The molecule has 0 aliphatic heterocycles. The van der Waals surface area contributed by atoms with Gasteiger partial charge in [-0.25, -0.2) is 0 Å².